The quantitative estimate of drug-likeness (QED) is 0.506. The molecule has 3 rings (SSSR count). The van der Waals surface area contributed by atoms with Gasteiger partial charge in [0, 0.05) is 24.4 Å². The highest BCUT2D eigenvalue weighted by atomic mass is 79.9. The van der Waals surface area contributed by atoms with E-state index in [1.54, 1.807) is 24.2 Å². The van der Waals surface area contributed by atoms with Gasteiger partial charge >= 0.3 is 0 Å². The van der Waals surface area contributed by atoms with Crippen molar-refractivity contribution in [3.8, 4) is 11.5 Å². The summed E-state index contributed by atoms with van der Waals surface area (Å²) in [5.74, 6) is 2.15. The molecule has 0 amide bonds. The number of aromatic amines is 1. The lowest BCUT2D eigenvalue weighted by molar-refractivity contribution is 0.282. The van der Waals surface area contributed by atoms with Crippen molar-refractivity contribution in [1.82, 2.24) is 19.9 Å². The second-order valence-electron chi connectivity index (χ2n) is 5.73. The average molecular weight is 450 g/mol. The fourth-order valence-corrected chi connectivity index (χ4v) is 3.37. The van der Waals surface area contributed by atoms with E-state index in [1.807, 2.05) is 31.2 Å². The summed E-state index contributed by atoms with van der Waals surface area (Å²) in [4.78, 5) is 4.10. The van der Waals surface area contributed by atoms with E-state index in [-0.39, 0.29) is 0 Å². The molecular formula is C18H20BrN5O2S. The van der Waals surface area contributed by atoms with Crippen LogP contribution in [0.5, 0.6) is 11.5 Å². The summed E-state index contributed by atoms with van der Waals surface area (Å²) in [6.45, 7) is 2.99. The lowest BCUT2D eigenvalue weighted by Gasteiger charge is -2.15. The van der Waals surface area contributed by atoms with E-state index >= 15 is 0 Å². The summed E-state index contributed by atoms with van der Waals surface area (Å²) in [5.41, 5.74) is 5.27. The van der Waals surface area contributed by atoms with Crippen LogP contribution in [0.3, 0.4) is 0 Å². The molecule has 2 heterocycles. The first-order valence-corrected chi connectivity index (χ1v) is 9.60. The summed E-state index contributed by atoms with van der Waals surface area (Å²) in [6, 6.07) is 7.77. The predicted octanol–water partition coefficient (Wildman–Crippen LogP) is 3.99. The van der Waals surface area contributed by atoms with Gasteiger partial charge in [0.25, 0.3) is 0 Å². The van der Waals surface area contributed by atoms with Gasteiger partial charge in [-0.25, -0.2) is 4.68 Å². The molecule has 0 fully saturated rings. The maximum Gasteiger partial charge on any atom is 0.214 e. The number of halogens is 1. The minimum atomic E-state index is 0.407. The van der Waals surface area contributed by atoms with Crippen LogP contribution >= 0.6 is 28.1 Å². The van der Waals surface area contributed by atoms with E-state index in [4.69, 9.17) is 21.7 Å². The first-order valence-electron chi connectivity index (χ1n) is 8.40. The molecule has 0 aliphatic rings. The molecule has 2 N–H and O–H groups in total. The number of ether oxygens (including phenoxy) is 2. The molecule has 9 heteroatoms. The minimum absolute atomic E-state index is 0.407. The Kier molecular flexibility index (Phi) is 6.46. The van der Waals surface area contributed by atoms with Crippen LogP contribution in [0, 0.1) is 4.77 Å². The van der Waals surface area contributed by atoms with Gasteiger partial charge < -0.3 is 14.9 Å². The maximum atomic E-state index is 5.94. The highest BCUT2D eigenvalue weighted by Gasteiger charge is 2.13. The molecule has 3 aromatic rings. The Bertz CT molecular complexity index is 958. The molecule has 0 unspecified atom stereocenters. The number of H-pyrrole nitrogens is 1. The molecule has 0 spiro atoms. The van der Waals surface area contributed by atoms with E-state index in [9.17, 15) is 0 Å². The number of rotatable bonds is 8. The van der Waals surface area contributed by atoms with E-state index in [0.29, 0.717) is 29.4 Å². The number of aromatic nitrogens is 4. The number of nitrogens with zero attached hydrogens (tertiary/aromatic N) is 3. The van der Waals surface area contributed by atoms with E-state index < -0.39 is 0 Å². The van der Waals surface area contributed by atoms with Gasteiger partial charge in [-0.05, 0) is 51.9 Å². The van der Waals surface area contributed by atoms with Gasteiger partial charge in [-0.15, -0.1) is 0 Å². The smallest absolute Gasteiger partial charge is 0.214 e. The molecule has 2 aromatic heterocycles. The van der Waals surface area contributed by atoms with Crippen molar-refractivity contribution in [2.24, 2.45) is 0 Å². The Morgan fingerprint density at radius 2 is 2.19 bits per heavy atom. The monoisotopic (exact) mass is 449 g/mol. The number of aryl methyl sites for hydroxylation is 1. The van der Waals surface area contributed by atoms with Gasteiger partial charge in [0.2, 0.25) is 4.77 Å². The second-order valence-corrected chi connectivity index (χ2v) is 6.97. The van der Waals surface area contributed by atoms with Crippen molar-refractivity contribution >= 4 is 28.1 Å². The van der Waals surface area contributed by atoms with Crippen molar-refractivity contribution in [3.63, 3.8) is 0 Å². The second kappa shape index (κ2) is 9.01. The molecule has 0 aliphatic carbocycles. The zero-order chi connectivity index (χ0) is 19.2. The minimum Gasteiger partial charge on any atom is -0.493 e. The van der Waals surface area contributed by atoms with Gasteiger partial charge in [0.05, 0.1) is 18.1 Å². The lowest BCUT2D eigenvalue weighted by Crippen LogP contribution is -2.17. The van der Waals surface area contributed by atoms with Crippen LogP contribution in [0.4, 0.5) is 0 Å². The summed E-state index contributed by atoms with van der Waals surface area (Å²) in [6.07, 6.45) is 4.28. The van der Waals surface area contributed by atoms with Gasteiger partial charge in [-0.2, -0.15) is 5.10 Å². The van der Waals surface area contributed by atoms with Crippen LogP contribution in [-0.4, -0.2) is 27.0 Å². The highest BCUT2D eigenvalue weighted by Crippen LogP contribution is 2.37. The third kappa shape index (κ3) is 4.67. The largest absolute Gasteiger partial charge is 0.493 e. The van der Waals surface area contributed by atoms with Crippen molar-refractivity contribution in [3.05, 3.63) is 62.9 Å². The Morgan fingerprint density at radius 1 is 1.33 bits per heavy atom. The van der Waals surface area contributed by atoms with Crippen molar-refractivity contribution in [2.75, 3.05) is 12.5 Å². The normalized spacial score (nSPS) is 10.6. The van der Waals surface area contributed by atoms with Crippen molar-refractivity contribution in [2.45, 2.75) is 26.5 Å². The molecule has 7 nitrogen and oxygen atoms in total. The molecule has 142 valence electrons. The zero-order valence-corrected chi connectivity index (χ0v) is 17.4. The molecule has 0 aliphatic heterocycles. The Balaban J connectivity index is 1.75. The molecule has 0 bridgehead atoms. The van der Waals surface area contributed by atoms with E-state index in [2.05, 4.69) is 36.5 Å². The Hall–Kier alpha value is -2.39. The van der Waals surface area contributed by atoms with E-state index in [0.717, 1.165) is 27.8 Å². The molecule has 0 radical (unpaired) electrons. The van der Waals surface area contributed by atoms with Crippen LogP contribution in [0.15, 0.2) is 41.1 Å². The number of benzene rings is 1. The summed E-state index contributed by atoms with van der Waals surface area (Å²) in [7, 11) is 1.62. The van der Waals surface area contributed by atoms with Crippen LogP contribution < -0.4 is 14.9 Å². The number of hydrogen-bond acceptors (Lipinski definition) is 6. The third-order valence-corrected chi connectivity index (χ3v) is 4.76. The maximum absolute atomic E-state index is 5.94. The number of nitrogens with one attached hydrogen (secondary N) is 2. The average Bonchev–Trinajstić information content (AvgIpc) is 3.05. The Labute approximate surface area is 170 Å². The van der Waals surface area contributed by atoms with Crippen LogP contribution in [-0.2, 0) is 19.6 Å². The number of hydrogen-bond donors (Lipinski definition) is 2. The summed E-state index contributed by atoms with van der Waals surface area (Å²) < 4.78 is 14.6. The van der Waals surface area contributed by atoms with Crippen LogP contribution in [0.2, 0.25) is 0 Å². The number of methoxy groups -OCH3 is 1. The van der Waals surface area contributed by atoms with Gasteiger partial charge in [-0.3, -0.25) is 10.1 Å². The molecule has 27 heavy (non-hydrogen) atoms. The Morgan fingerprint density at radius 3 is 2.89 bits per heavy atom. The van der Waals surface area contributed by atoms with Crippen LogP contribution in [0.1, 0.15) is 23.9 Å². The van der Waals surface area contributed by atoms with Crippen molar-refractivity contribution < 1.29 is 9.47 Å². The SMILES string of the molecule is CCc1n[nH]c(=S)n1NCc1cc(Br)c(OCc2cccnc2)c(OC)c1. The standard InChI is InChI=1S/C18H20BrN5O2S/c1-3-16-22-23-18(27)24(16)21-10-13-7-14(19)17(15(8-13)25-2)26-11-12-5-4-6-20-9-12/h4-9,21H,3,10-11H2,1-2H3,(H,23,27). The fourth-order valence-electron chi connectivity index (χ4n) is 2.55. The number of pyridine rings is 1. The lowest BCUT2D eigenvalue weighted by atomic mass is 10.2. The molecule has 1 aromatic carbocycles. The molecule has 0 saturated carbocycles. The molecule has 0 atom stereocenters. The third-order valence-electron chi connectivity index (χ3n) is 3.89. The topological polar surface area (TPSA) is 77.0 Å². The van der Waals surface area contributed by atoms with E-state index in [1.165, 1.54) is 0 Å². The first kappa shape index (κ1) is 19.4. The predicted molar refractivity (Wildman–Crippen MR) is 109 cm³/mol. The first-order chi connectivity index (χ1) is 13.1. The van der Waals surface area contributed by atoms with Gasteiger partial charge in [0.15, 0.2) is 17.3 Å². The summed E-state index contributed by atoms with van der Waals surface area (Å²) >= 11 is 8.83. The zero-order valence-electron chi connectivity index (χ0n) is 15.0. The molecular weight excluding hydrogens is 430 g/mol. The molecule has 0 saturated heterocycles. The highest BCUT2D eigenvalue weighted by molar-refractivity contribution is 9.10. The fraction of sp³-hybridized carbons (Fsp3) is 0.278. The van der Waals surface area contributed by atoms with Crippen molar-refractivity contribution in [1.29, 1.82) is 0 Å². The summed E-state index contributed by atoms with van der Waals surface area (Å²) in [5, 5.41) is 6.98. The van der Waals surface area contributed by atoms with Crippen LogP contribution in [0.25, 0.3) is 0 Å². The van der Waals surface area contributed by atoms with Gasteiger partial charge in [0.1, 0.15) is 6.61 Å². The van der Waals surface area contributed by atoms with Gasteiger partial charge in [-0.1, -0.05) is 13.0 Å².